The van der Waals surface area contributed by atoms with Gasteiger partial charge in [-0.3, -0.25) is 4.79 Å². The van der Waals surface area contributed by atoms with Gasteiger partial charge in [-0.25, -0.2) is 9.97 Å². The Hall–Kier alpha value is -2.63. The Morgan fingerprint density at radius 3 is 3.00 bits per heavy atom. The van der Waals surface area contributed by atoms with Crippen molar-refractivity contribution in [3.63, 3.8) is 0 Å². The zero-order chi connectivity index (χ0) is 16.8. The summed E-state index contributed by atoms with van der Waals surface area (Å²) in [6.45, 7) is 5.81. The standard InChI is InChI=1S/C18H20N4O2/c1-10-8-11(2)22-7-6-14(17(22)19-10)18(23)21-13-4-5-15-16(9-13)24-12(3)20-15/h6-8,13H,4-5,9H2,1-3H3,(H,21,23). The lowest BCUT2D eigenvalue weighted by Crippen LogP contribution is -2.38. The van der Waals surface area contributed by atoms with Crippen LogP contribution >= 0.6 is 0 Å². The van der Waals surface area contributed by atoms with Crippen molar-refractivity contribution in [3.8, 4) is 0 Å². The minimum absolute atomic E-state index is 0.0678. The maximum Gasteiger partial charge on any atom is 0.255 e. The average molecular weight is 324 g/mol. The van der Waals surface area contributed by atoms with Crippen LogP contribution in [0.25, 0.3) is 5.65 Å². The first-order valence-corrected chi connectivity index (χ1v) is 8.22. The van der Waals surface area contributed by atoms with E-state index in [2.05, 4.69) is 15.3 Å². The quantitative estimate of drug-likeness (QED) is 0.786. The third kappa shape index (κ3) is 2.48. The average Bonchev–Trinajstić information content (AvgIpc) is 3.09. The number of aryl methyl sites for hydroxylation is 4. The number of aromatic nitrogens is 3. The lowest BCUT2D eigenvalue weighted by molar-refractivity contribution is 0.0934. The van der Waals surface area contributed by atoms with Gasteiger partial charge in [-0.15, -0.1) is 0 Å². The lowest BCUT2D eigenvalue weighted by Gasteiger charge is -2.21. The summed E-state index contributed by atoms with van der Waals surface area (Å²) in [6, 6.07) is 3.90. The van der Waals surface area contributed by atoms with Crippen LogP contribution in [0.1, 0.15) is 45.5 Å². The van der Waals surface area contributed by atoms with E-state index in [0.717, 1.165) is 35.7 Å². The summed E-state index contributed by atoms with van der Waals surface area (Å²) in [4.78, 5) is 21.6. The van der Waals surface area contributed by atoms with E-state index in [1.54, 1.807) is 0 Å². The van der Waals surface area contributed by atoms with Crippen LogP contribution in [0.4, 0.5) is 0 Å². The summed E-state index contributed by atoms with van der Waals surface area (Å²) in [5, 5.41) is 3.12. The molecule has 1 aliphatic carbocycles. The number of amides is 1. The van der Waals surface area contributed by atoms with Crippen LogP contribution in [0.5, 0.6) is 0 Å². The Balaban J connectivity index is 1.57. The number of oxazole rings is 1. The molecule has 6 heteroatoms. The molecule has 4 rings (SSSR count). The SMILES string of the molecule is Cc1cc(C)n2ccc(C(=O)NC3CCc4nc(C)oc4C3)c2n1. The van der Waals surface area contributed by atoms with Crippen molar-refractivity contribution in [2.24, 2.45) is 0 Å². The molecule has 1 amide bonds. The van der Waals surface area contributed by atoms with E-state index in [-0.39, 0.29) is 11.9 Å². The smallest absolute Gasteiger partial charge is 0.255 e. The maximum atomic E-state index is 12.7. The molecule has 0 saturated carbocycles. The van der Waals surface area contributed by atoms with Crippen molar-refractivity contribution in [2.75, 3.05) is 0 Å². The van der Waals surface area contributed by atoms with Gasteiger partial charge in [0.25, 0.3) is 5.91 Å². The molecule has 6 nitrogen and oxygen atoms in total. The molecule has 0 fully saturated rings. The van der Waals surface area contributed by atoms with E-state index in [9.17, 15) is 4.79 Å². The fraction of sp³-hybridized carbons (Fsp3) is 0.389. The molecular formula is C18H20N4O2. The lowest BCUT2D eigenvalue weighted by atomic mass is 9.96. The second kappa shape index (κ2) is 5.47. The van der Waals surface area contributed by atoms with Crippen molar-refractivity contribution in [1.29, 1.82) is 0 Å². The van der Waals surface area contributed by atoms with Gasteiger partial charge >= 0.3 is 0 Å². The van der Waals surface area contributed by atoms with E-state index < -0.39 is 0 Å². The molecule has 3 heterocycles. The summed E-state index contributed by atoms with van der Waals surface area (Å²) >= 11 is 0. The van der Waals surface area contributed by atoms with Gasteiger partial charge in [0.2, 0.25) is 0 Å². The molecule has 3 aromatic rings. The fourth-order valence-corrected chi connectivity index (χ4v) is 3.46. The van der Waals surface area contributed by atoms with Crippen LogP contribution < -0.4 is 5.32 Å². The van der Waals surface area contributed by atoms with Gasteiger partial charge in [-0.2, -0.15) is 0 Å². The third-order valence-electron chi connectivity index (χ3n) is 4.57. The minimum atomic E-state index is -0.0836. The Labute approximate surface area is 139 Å². The van der Waals surface area contributed by atoms with Crippen LogP contribution in [0.3, 0.4) is 0 Å². The summed E-state index contributed by atoms with van der Waals surface area (Å²) in [7, 11) is 0. The van der Waals surface area contributed by atoms with E-state index in [1.807, 2.05) is 43.5 Å². The van der Waals surface area contributed by atoms with Crippen molar-refractivity contribution in [3.05, 3.63) is 52.6 Å². The zero-order valence-corrected chi connectivity index (χ0v) is 14.1. The van der Waals surface area contributed by atoms with E-state index in [0.29, 0.717) is 23.5 Å². The number of hydrogen-bond acceptors (Lipinski definition) is 4. The molecule has 0 spiro atoms. The highest BCUT2D eigenvalue weighted by atomic mass is 16.4. The maximum absolute atomic E-state index is 12.7. The Morgan fingerprint density at radius 1 is 1.33 bits per heavy atom. The molecule has 0 radical (unpaired) electrons. The number of nitrogens with zero attached hydrogens (tertiary/aromatic N) is 3. The number of rotatable bonds is 2. The first-order valence-electron chi connectivity index (χ1n) is 8.22. The van der Waals surface area contributed by atoms with E-state index in [1.165, 1.54) is 0 Å². The van der Waals surface area contributed by atoms with Crippen LogP contribution in [0.2, 0.25) is 0 Å². The fourth-order valence-electron chi connectivity index (χ4n) is 3.46. The van der Waals surface area contributed by atoms with Gasteiger partial charge in [0, 0.05) is 37.0 Å². The van der Waals surface area contributed by atoms with Gasteiger partial charge in [-0.1, -0.05) is 0 Å². The second-order valence-corrected chi connectivity index (χ2v) is 6.48. The molecule has 1 aliphatic rings. The number of nitrogens with one attached hydrogen (secondary N) is 1. The highest BCUT2D eigenvalue weighted by molar-refractivity contribution is 6.00. The summed E-state index contributed by atoms with van der Waals surface area (Å²) in [6.07, 6.45) is 4.30. The molecule has 124 valence electrons. The number of hydrogen-bond donors (Lipinski definition) is 1. The molecule has 1 unspecified atom stereocenters. The normalized spacial score (nSPS) is 17.0. The van der Waals surface area contributed by atoms with E-state index in [4.69, 9.17) is 4.42 Å². The van der Waals surface area contributed by atoms with Crippen LogP contribution in [-0.4, -0.2) is 26.3 Å². The molecule has 1 N–H and O–H groups in total. The van der Waals surface area contributed by atoms with Gasteiger partial charge in [0.15, 0.2) is 5.89 Å². The number of carbonyl (C=O) groups is 1. The molecule has 24 heavy (non-hydrogen) atoms. The van der Waals surface area contributed by atoms with Gasteiger partial charge in [0.05, 0.1) is 11.3 Å². The predicted octanol–water partition coefficient (Wildman–Crippen LogP) is 2.53. The highest BCUT2D eigenvalue weighted by Crippen LogP contribution is 2.22. The zero-order valence-electron chi connectivity index (χ0n) is 14.1. The highest BCUT2D eigenvalue weighted by Gasteiger charge is 2.25. The van der Waals surface area contributed by atoms with E-state index >= 15 is 0 Å². The topological polar surface area (TPSA) is 72.4 Å². The molecule has 0 aliphatic heterocycles. The number of carbonyl (C=O) groups excluding carboxylic acids is 1. The molecule has 0 saturated heterocycles. The largest absolute Gasteiger partial charge is 0.446 e. The third-order valence-corrected chi connectivity index (χ3v) is 4.57. The Kier molecular flexibility index (Phi) is 3.40. The molecule has 1 atom stereocenters. The first-order chi connectivity index (χ1) is 11.5. The summed E-state index contributed by atoms with van der Waals surface area (Å²) < 4.78 is 7.58. The summed E-state index contributed by atoms with van der Waals surface area (Å²) in [5.74, 6) is 1.51. The van der Waals surface area contributed by atoms with Crippen molar-refractivity contribution in [1.82, 2.24) is 19.7 Å². The molecule has 0 bridgehead atoms. The Bertz CT molecular complexity index is 938. The van der Waals surface area contributed by atoms with Crippen molar-refractivity contribution < 1.29 is 9.21 Å². The van der Waals surface area contributed by atoms with Crippen molar-refractivity contribution >= 4 is 11.6 Å². The predicted molar refractivity (Wildman–Crippen MR) is 89.2 cm³/mol. The van der Waals surface area contributed by atoms with Crippen LogP contribution in [-0.2, 0) is 12.8 Å². The summed E-state index contributed by atoms with van der Waals surface area (Å²) in [5.41, 5.74) is 4.32. The Morgan fingerprint density at radius 2 is 2.17 bits per heavy atom. The van der Waals surface area contributed by atoms with Crippen LogP contribution in [0, 0.1) is 20.8 Å². The first kappa shape index (κ1) is 14.9. The second-order valence-electron chi connectivity index (χ2n) is 6.48. The van der Waals surface area contributed by atoms with Gasteiger partial charge in [0.1, 0.15) is 11.4 Å². The molecular weight excluding hydrogens is 304 g/mol. The van der Waals surface area contributed by atoms with Crippen LogP contribution in [0.15, 0.2) is 22.7 Å². The van der Waals surface area contributed by atoms with Gasteiger partial charge < -0.3 is 14.1 Å². The number of fused-ring (bicyclic) bond motifs is 2. The molecule has 3 aromatic heterocycles. The monoisotopic (exact) mass is 324 g/mol. The van der Waals surface area contributed by atoms with Gasteiger partial charge in [-0.05, 0) is 38.8 Å². The minimum Gasteiger partial charge on any atom is -0.446 e. The van der Waals surface area contributed by atoms with Crippen molar-refractivity contribution in [2.45, 2.75) is 46.1 Å². The molecule has 0 aromatic carbocycles.